The zero-order chi connectivity index (χ0) is 36.0. The standard InChI is InChI=1S/C39H44FN9O3/c40-33-25-42-39(46-37(33)43-28-4-2-1-3-5-28)44-29-8-11-32(36(41)51)34(24-29)49-18-15-26(16-19-49)14-17-47-20-22-48(23-21-47)30-9-6-27(7-10-30)31-12-13-35(50)45-38(31)52/h1-11,24-26,31H,12-23H2,(H2,41,51)(H,45,50,52)(H2,42,43,44,46). The molecule has 0 saturated carbocycles. The van der Waals surface area contributed by atoms with E-state index in [1.807, 2.05) is 48.5 Å². The monoisotopic (exact) mass is 705 g/mol. The first kappa shape index (κ1) is 34.9. The molecule has 3 aliphatic rings. The molecule has 0 aliphatic carbocycles. The highest BCUT2D eigenvalue weighted by molar-refractivity contribution is 6.01. The van der Waals surface area contributed by atoms with Crippen molar-refractivity contribution in [2.24, 2.45) is 11.7 Å². The number of rotatable bonds is 11. The number of imide groups is 1. The molecule has 4 heterocycles. The smallest absolute Gasteiger partial charge is 0.250 e. The van der Waals surface area contributed by atoms with Crippen molar-refractivity contribution in [2.45, 2.75) is 38.0 Å². The van der Waals surface area contributed by atoms with Gasteiger partial charge in [0.1, 0.15) is 0 Å². The van der Waals surface area contributed by atoms with Crippen LogP contribution < -0.4 is 31.5 Å². The summed E-state index contributed by atoms with van der Waals surface area (Å²) in [7, 11) is 0. The number of halogens is 1. The third kappa shape index (κ3) is 8.31. The fourth-order valence-corrected chi connectivity index (χ4v) is 7.37. The zero-order valence-electron chi connectivity index (χ0n) is 29.1. The van der Waals surface area contributed by atoms with Gasteiger partial charge in [-0.1, -0.05) is 30.3 Å². The fraction of sp³-hybridized carbons (Fsp3) is 0.359. The predicted octanol–water partition coefficient (Wildman–Crippen LogP) is 5.15. The first-order valence-corrected chi connectivity index (χ1v) is 18.0. The second kappa shape index (κ2) is 15.8. The Labute approximate surface area is 302 Å². The van der Waals surface area contributed by atoms with E-state index >= 15 is 0 Å². The summed E-state index contributed by atoms with van der Waals surface area (Å²) in [6.07, 6.45) is 5.22. The number of hydrogen-bond donors (Lipinski definition) is 4. The summed E-state index contributed by atoms with van der Waals surface area (Å²) in [5.74, 6) is -0.840. The number of carbonyl (C=O) groups is 3. The molecule has 270 valence electrons. The Morgan fingerprint density at radius 2 is 1.62 bits per heavy atom. The molecule has 1 aromatic heterocycles. The Bertz CT molecular complexity index is 1890. The highest BCUT2D eigenvalue weighted by Crippen LogP contribution is 2.32. The molecule has 12 nitrogen and oxygen atoms in total. The van der Waals surface area contributed by atoms with Gasteiger partial charge >= 0.3 is 0 Å². The molecule has 3 saturated heterocycles. The molecule has 7 rings (SSSR count). The van der Waals surface area contributed by atoms with Crippen LogP contribution in [0.1, 0.15) is 53.9 Å². The van der Waals surface area contributed by atoms with Crippen molar-refractivity contribution >= 4 is 52.2 Å². The third-order valence-electron chi connectivity index (χ3n) is 10.4. The molecular weight excluding hydrogens is 661 g/mol. The van der Waals surface area contributed by atoms with E-state index in [0.717, 1.165) is 88.2 Å². The second-order valence-corrected chi connectivity index (χ2v) is 13.7. The van der Waals surface area contributed by atoms with Gasteiger partial charge in [-0.15, -0.1) is 0 Å². The van der Waals surface area contributed by atoms with Crippen LogP contribution in [-0.4, -0.2) is 78.4 Å². The lowest BCUT2D eigenvalue weighted by Crippen LogP contribution is -2.47. The summed E-state index contributed by atoms with van der Waals surface area (Å²) in [6, 6.07) is 22.8. The molecule has 1 atom stereocenters. The van der Waals surface area contributed by atoms with E-state index in [-0.39, 0.29) is 29.5 Å². The highest BCUT2D eigenvalue weighted by Gasteiger charge is 2.28. The van der Waals surface area contributed by atoms with E-state index in [1.54, 1.807) is 12.1 Å². The Hall–Kier alpha value is -5.56. The van der Waals surface area contributed by atoms with Crippen LogP contribution in [0.15, 0.2) is 79.0 Å². The number of aromatic nitrogens is 2. The average Bonchev–Trinajstić information content (AvgIpc) is 3.16. The minimum Gasteiger partial charge on any atom is -0.371 e. The van der Waals surface area contributed by atoms with Crippen LogP contribution in [0.3, 0.4) is 0 Å². The van der Waals surface area contributed by atoms with Gasteiger partial charge < -0.3 is 26.2 Å². The molecule has 3 amide bonds. The SMILES string of the molecule is NC(=O)c1ccc(Nc2ncc(F)c(Nc3ccccc3)n2)cc1N1CCC(CCN2CCN(c3ccc(C4CCC(=O)NC4=O)cc3)CC2)CC1. The molecule has 52 heavy (non-hydrogen) atoms. The third-order valence-corrected chi connectivity index (χ3v) is 10.4. The maximum Gasteiger partial charge on any atom is 0.250 e. The zero-order valence-corrected chi connectivity index (χ0v) is 29.1. The molecule has 0 spiro atoms. The number of piperidine rings is 2. The summed E-state index contributed by atoms with van der Waals surface area (Å²) in [4.78, 5) is 51.8. The molecule has 0 radical (unpaired) electrons. The number of anilines is 6. The molecule has 1 unspecified atom stereocenters. The lowest BCUT2D eigenvalue weighted by Gasteiger charge is -2.38. The Morgan fingerprint density at radius 1 is 0.865 bits per heavy atom. The number of nitrogens with zero attached hydrogens (tertiary/aromatic N) is 5. The molecule has 5 N–H and O–H groups in total. The Kier molecular flexibility index (Phi) is 10.6. The Morgan fingerprint density at radius 3 is 2.33 bits per heavy atom. The second-order valence-electron chi connectivity index (χ2n) is 13.7. The van der Waals surface area contributed by atoms with Crippen molar-refractivity contribution < 1.29 is 18.8 Å². The van der Waals surface area contributed by atoms with Crippen LogP contribution in [-0.2, 0) is 9.59 Å². The quantitative estimate of drug-likeness (QED) is 0.155. The maximum absolute atomic E-state index is 14.5. The van der Waals surface area contributed by atoms with E-state index in [2.05, 4.69) is 52.8 Å². The van der Waals surface area contributed by atoms with Gasteiger partial charge in [0.2, 0.25) is 17.8 Å². The van der Waals surface area contributed by atoms with Crippen molar-refractivity contribution in [2.75, 3.05) is 66.2 Å². The number of para-hydroxylation sites is 1. The van der Waals surface area contributed by atoms with Gasteiger partial charge in [-0.2, -0.15) is 4.98 Å². The molecule has 4 aromatic rings. The maximum atomic E-state index is 14.5. The van der Waals surface area contributed by atoms with E-state index in [9.17, 15) is 18.8 Å². The van der Waals surface area contributed by atoms with Gasteiger partial charge in [-0.25, -0.2) is 9.37 Å². The largest absolute Gasteiger partial charge is 0.371 e. The van der Waals surface area contributed by atoms with Crippen LogP contribution in [0.4, 0.5) is 38.9 Å². The van der Waals surface area contributed by atoms with Crippen LogP contribution in [0.2, 0.25) is 0 Å². The number of nitrogens with two attached hydrogens (primary N) is 1. The molecule has 3 aliphatic heterocycles. The van der Waals surface area contributed by atoms with Crippen molar-refractivity contribution in [1.29, 1.82) is 0 Å². The van der Waals surface area contributed by atoms with Gasteiger partial charge in [0.05, 0.1) is 23.4 Å². The minimum absolute atomic E-state index is 0.0555. The topological polar surface area (TPSA) is 149 Å². The average molecular weight is 706 g/mol. The molecular formula is C39H44FN9O3. The molecule has 3 fully saturated rings. The predicted molar refractivity (Wildman–Crippen MR) is 200 cm³/mol. The minimum atomic E-state index is -0.569. The van der Waals surface area contributed by atoms with Gasteiger partial charge in [-0.05, 0) is 86.2 Å². The number of benzene rings is 3. The van der Waals surface area contributed by atoms with Crippen LogP contribution in [0, 0.1) is 11.7 Å². The number of amides is 3. The van der Waals surface area contributed by atoms with Gasteiger partial charge in [0, 0.05) is 62.8 Å². The highest BCUT2D eigenvalue weighted by atomic mass is 19.1. The number of piperazine rings is 1. The number of carbonyl (C=O) groups excluding carboxylic acids is 3. The number of primary amides is 1. The van der Waals surface area contributed by atoms with Crippen LogP contribution in [0.5, 0.6) is 0 Å². The van der Waals surface area contributed by atoms with Gasteiger partial charge in [-0.3, -0.25) is 24.6 Å². The summed E-state index contributed by atoms with van der Waals surface area (Å²) < 4.78 is 14.5. The van der Waals surface area contributed by atoms with Gasteiger partial charge in [0.15, 0.2) is 11.6 Å². The van der Waals surface area contributed by atoms with E-state index in [4.69, 9.17) is 5.73 Å². The first-order valence-electron chi connectivity index (χ1n) is 18.0. The van der Waals surface area contributed by atoms with Gasteiger partial charge in [0.25, 0.3) is 5.91 Å². The molecule has 3 aromatic carbocycles. The van der Waals surface area contributed by atoms with E-state index in [1.165, 1.54) is 0 Å². The summed E-state index contributed by atoms with van der Waals surface area (Å²) in [5, 5.41) is 8.59. The summed E-state index contributed by atoms with van der Waals surface area (Å²) in [5.41, 5.74) is 10.5. The first-order chi connectivity index (χ1) is 25.3. The van der Waals surface area contributed by atoms with Crippen molar-refractivity contribution in [3.8, 4) is 0 Å². The van der Waals surface area contributed by atoms with E-state index in [0.29, 0.717) is 35.7 Å². The Balaban J connectivity index is 0.893. The number of nitrogens with one attached hydrogen (secondary N) is 3. The number of hydrogen-bond acceptors (Lipinski definition) is 10. The van der Waals surface area contributed by atoms with Crippen molar-refractivity contribution in [1.82, 2.24) is 20.2 Å². The lowest BCUT2D eigenvalue weighted by molar-refractivity contribution is -0.134. The van der Waals surface area contributed by atoms with Crippen molar-refractivity contribution in [3.05, 3.63) is 95.9 Å². The fourth-order valence-electron chi connectivity index (χ4n) is 7.37. The van der Waals surface area contributed by atoms with E-state index < -0.39 is 11.7 Å². The van der Waals surface area contributed by atoms with Crippen LogP contribution in [0.25, 0.3) is 0 Å². The molecule has 0 bridgehead atoms. The summed E-state index contributed by atoms with van der Waals surface area (Å²) in [6.45, 7) is 6.57. The molecule has 13 heteroatoms. The van der Waals surface area contributed by atoms with Crippen molar-refractivity contribution in [3.63, 3.8) is 0 Å². The lowest BCUT2D eigenvalue weighted by atomic mass is 9.90. The summed E-state index contributed by atoms with van der Waals surface area (Å²) >= 11 is 0. The normalized spacial score (nSPS) is 18.6. The van der Waals surface area contributed by atoms with Crippen LogP contribution >= 0.6 is 0 Å².